The molecule has 0 aliphatic rings. The van der Waals surface area contributed by atoms with E-state index in [4.69, 9.17) is 15.2 Å². The zero-order valence-corrected chi connectivity index (χ0v) is 11.5. The van der Waals surface area contributed by atoms with E-state index in [0.717, 1.165) is 12.3 Å². The minimum Gasteiger partial charge on any atom is -0.497 e. The number of aromatic nitrogens is 1. The summed E-state index contributed by atoms with van der Waals surface area (Å²) in [6, 6.07) is 6.07. The lowest BCUT2D eigenvalue weighted by molar-refractivity contribution is 0.100. The smallest absolute Gasteiger partial charge is 0.252 e. The molecule has 0 radical (unpaired) electrons. The number of rotatable bonds is 5. The van der Waals surface area contributed by atoms with Crippen LogP contribution < -0.4 is 20.5 Å². The number of methoxy groups -OCH3 is 2. The molecular formula is C14H14FN3O3. The summed E-state index contributed by atoms with van der Waals surface area (Å²) in [5.41, 5.74) is 5.73. The van der Waals surface area contributed by atoms with Crippen LogP contribution in [0.5, 0.6) is 11.5 Å². The number of hydrogen-bond acceptors (Lipinski definition) is 5. The maximum Gasteiger partial charge on any atom is 0.252 e. The van der Waals surface area contributed by atoms with Gasteiger partial charge in [-0.05, 0) is 6.07 Å². The van der Waals surface area contributed by atoms with Crippen LogP contribution in [0.3, 0.4) is 0 Å². The first-order valence-corrected chi connectivity index (χ1v) is 5.99. The molecule has 110 valence electrons. The predicted molar refractivity (Wildman–Crippen MR) is 75.5 cm³/mol. The Balaban J connectivity index is 2.40. The van der Waals surface area contributed by atoms with Crippen molar-refractivity contribution < 1.29 is 18.7 Å². The van der Waals surface area contributed by atoms with Crippen molar-refractivity contribution in [2.45, 2.75) is 0 Å². The van der Waals surface area contributed by atoms with E-state index in [9.17, 15) is 9.18 Å². The molecule has 1 aromatic carbocycles. The number of primary amides is 1. The lowest BCUT2D eigenvalue weighted by Gasteiger charge is -2.12. The lowest BCUT2D eigenvalue weighted by atomic mass is 10.2. The van der Waals surface area contributed by atoms with Crippen molar-refractivity contribution in [2.75, 3.05) is 19.5 Å². The fourth-order valence-electron chi connectivity index (χ4n) is 1.74. The van der Waals surface area contributed by atoms with E-state index >= 15 is 0 Å². The predicted octanol–water partition coefficient (Wildman–Crippen LogP) is 2.08. The first kappa shape index (κ1) is 14.6. The quantitative estimate of drug-likeness (QED) is 0.880. The second-order valence-corrected chi connectivity index (χ2v) is 4.14. The third-order valence-corrected chi connectivity index (χ3v) is 2.73. The van der Waals surface area contributed by atoms with Crippen LogP contribution in [0.25, 0.3) is 0 Å². The number of nitrogens with two attached hydrogens (primary N) is 1. The van der Waals surface area contributed by atoms with Crippen LogP contribution in [0.4, 0.5) is 15.9 Å². The number of pyridine rings is 1. The molecule has 21 heavy (non-hydrogen) atoms. The first-order chi connectivity index (χ1) is 10.0. The number of carbonyl (C=O) groups excluding carboxylic acids is 1. The summed E-state index contributed by atoms with van der Waals surface area (Å²) in [4.78, 5) is 15.2. The zero-order valence-electron chi connectivity index (χ0n) is 11.5. The van der Waals surface area contributed by atoms with Crippen molar-refractivity contribution in [3.8, 4) is 11.5 Å². The van der Waals surface area contributed by atoms with E-state index in [1.807, 2.05) is 0 Å². The van der Waals surface area contributed by atoms with Crippen molar-refractivity contribution in [1.82, 2.24) is 4.98 Å². The van der Waals surface area contributed by atoms with Gasteiger partial charge in [0.2, 0.25) is 0 Å². The van der Waals surface area contributed by atoms with E-state index in [1.165, 1.54) is 14.2 Å². The Morgan fingerprint density at radius 3 is 2.33 bits per heavy atom. The normalized spacial score (nSPS) is 10.0. The Hall–Kier alpha value is -2.83. The summed E-state index contributed by atoms with van der Waals surface area (Å²) in [6.45, 7) is 0. The van der Waals surface area contributed by atoms with Crippen molar-refractivity contribution in [1.29, 1.82) is 0 Å². The average molecular weight is 291 g/mol. The molecule has 0 spiro atoms. The fraction of sp³-hybridized carbons (Fsp3) is 0.143. The van der Waals surface area contributed by atoms with Crippen LogP contribution in [0.2, 0.25) is 0 Å². The molecule has 1 heterocycles. The summed E-state index contributed by atoms with van der Waals surface area (Å²) >= 11 is 0. The topological polar surface area (TPSA) is 86.5 Å². The minimum absolute atomic E-state index is 0.0446. The molecule has 2 aromatic rings. The number of carbonyl (C=O) groups is 1. The van der Waals surface area contributed by atoms with Crippen molar-refractivity contribution in [3.05, 3.63) is 41.8 Å². The fourth-order valence-corrected chi connectivity index (χ4v) is 1.74. The van der Waals surface area contributed by atoms with Crippen molar-refractivity contribution in [2.24, 2.45) is 5.73 Å². The van der Waals surface area contributed by atoms with Gasteiger partial charge in [-0.25, -0.2) is 9.37 Å². The lowest BCUT2D eigenvalue weighted by Crippen LogP contribution is -2.14. The standard InChI is InChI=1S/C14H14FN3O3/c1-20-10-4-9(5-11(6-10)21-2)18-14-12(13(16)19)3-8(15)7-17-14/h3-7H,1-2H3,(H2,16,19)(H,17,18). The molecule has 0 unspecified atom stereocenters. The number of halogens is 1. The molecular weight excluding hydrogens is 277 g/mol. The molecule has 0 saturated heterocycles. The largest absolute Gasteiger partial charge is 0.497 e. The van der Waals surface area contributed by atoms with Crippen LogP contribution in [0.1, 0.15) is 10.4 Å². The summed E-state index contributed by atoms with van der Waals surface area (Å²) < 4.78 is 23.4. The number of nitrogens with zero attached hydrogens (tertiary/aromatic N) is 1. The number of nitrogens with one attached hydrogen (secondary N) is 1. The highest BCUT2D eigenvalue weighted by Crippen LogP contribution is 2.28. The molecule has 0 aliphatic heterocycles. The van der Waals surface area contributed by atoms with E-state index < -0.39 is 11.7 Å². The zero-order chi connectivity index (χ0) is 15.4. The summed E-state index contributed by atoms with van der Waals surface area (Å²) in [6.07, 6.45) is 0.992. The van der Waals surface area contributed by atoms with Gasteiger partial charge in [-0.15, -0.1) is 0 Å². The summed E-state index contributed by atoms with van der Waals surface area (Å²) in [7, 11) is 3.03. The SMILES string of the molecule is COc1cc(Nc2ncc(F)cc2C(N)=O)cc(OC)c1. The minimum atomic E-state index is -0.778. The van der Waals surface area contributed by atoms with Crippen molar-refractivity contribution in [3.63, 3.8) is 0 Å². The van der Waals surface area contributed by atoms with Crippen LogP contribution in [0.15, 0.2) is 30.5 Å². The molecule has 0 aliphatic carbocycles. The summed E-state index contributed by atoms with van der Waals surface area (Å²) in [5, 5.41) is 2.89. The number of amides is 1. The van der Waals surface area contributed by atoms with Gasteiger partial charge >= 0.3 is 0 Å². The molecule has 0 atom stereocenters. The monoisotopic (exact) mass is 291 g/mol. The molecule has 6 nitrogen and oxygen atoms in total. The van der Waals surface area contributed by atoms with Crippen LogP contribution in [-0.4, -0.2) is 25.1 Å². The van der Waals surface area contributed by atoms with Crippen LogP contribution in [-0.2, 0) is 0 Å². The molecule has 2 rings (SSSR count). The van der Waals surface area contributed by atoms with E-state index in [2.05, 4.69) is 10.3 Å². The molecule has 7 heteroatoms. The van der Waals surface area contributed by atoms with E-state index in [0.29, 0.717) is 17.2 Å². The van der Waals surface area contributed by atoms with Gasteiger partial charge in [0.1, 0.15) is 23.1 Å². The molecule has 0 bridgehead atoms. The Kier molecular flexibility index (Phi) is 4.22. The number of benzene rings is 1. The highest BCUT2D eigenvalue weighted by molar-refractivity contribution is 5.98. The average Bonchev–Trinajstić information content (AvgIpc) is 2.48. The van der Waals surface area contributed by atoms with Gasteiger partial charge in [0.05, 0.1) is 26.0 Å². The van der Waals surface area contributed by atoms with Gasteiger partial charge in [-0.3, -0.25) is 4.79 Å². The van der Waals surface area contributed by atoms with Gasteiger partial charge in [-0.1, -0.05) is 0 Å². The number of hydrogen-bond donors (Lipinski definition) is 2. The van der Waals surface area contributed by atoms with E-state index in [1.54, 1.807) is 18.2 Å². The number of anilines is 2. The number of ether oxygens (including phenoxy) is 2. The summed E-state index contributed by atoms with van der Waals surface area (Å²) in [5.74, 6) is -0.157. The second-order valence-electron chi connectivity index (χ2n) is 4.14. The van der Waals surface area contributed by atoms with Crippen molar-refractivity contribution >= 4 is 17.4 Å². The maximum atomic E-state index is 13.1. The Morgan fingerprint density at radius 2 is 1.81 bits per heavy atom. The van der Waals surface area contributed by atoms with Crippen LogP contribution in [0, 0.1) is 5.82 Å². The molecule has 0 fully saturated rings. The van der Waals surface area contributed by atoms with Gasteiger partial charge in [0, 0.05) is 23.9 Å². The molecule has 1 aromatic heterocycles. The third-order valence-electron chi connectivity index (χ3n) is 2.73. The highest BCUT2D eigenvalue weighted by atomic mass is 19.1. The Labute approximate surface area is 120 Å². The second kappa shape index (κ2) is 6.08. The van der Waals surface area contributed by atoms with Gasteiger partial charge < -0.3 is 20.5 Å². The first-order valence-electron chi connectivity index (χ1n) is 5.99. The van der Waals surface area contributed by atoms with Gasteiger partial charge in [0.15, 0.2) is 0 Å². The molecule has 0 saturated carbocycles. The van der Waals surface area contributed by atoms with Crippen LogP contribution >= 0.6 is 0 Å². The van der Waals surface area contributed by atoms with Gasteiger partial charge in [-0.2, -0.15) is 0 Å². The highest BCUT2D eigenvalue weighted by Gasteiger charge is 2.12. The Morgan fingerprint density at radius 1 is 1.19 bits per heavy atom. The maximum absolute atomic E-state index is 13.1. The third kappa shape index (κ3) is 3.38. The van der Waals surface area contributed by atoms with E-state index in [-0.39, 0.29) is 11.4 Å². The Bertz CT molecular complexity index is 654. The molecule has 1 amide bonds. The molecule has 3 N–H and O–H groups in total. The van der Waals surface area contributed by atoms with Gasteiger partial charge in [0.25, 0.3) is 5.91 Å².